The number of hydrogen-bond donors (Lipinski definition) is 2. The van der Waals surface area contributed by atoms with E-state index in [9.17, 15) is 0 Å². The van der Waals surface area contributed by atoms with Gasteiger partial charge in [0, 0.05) is 0 Å². The van der Waals surface area contributed by atoms with Gasteiger partial charge >= 0.3 is 0 Å². The summed E-state index contributed by atoms with van der Waals surface area (Å²) in [7, 11) is 0. The van der Waals surface area contributed by atoms with E-state index in [0.29, 0.717) is 0 Å². The molecule has 0 aliphatic heterocycles. The molecule has 3 nitrogen and oxygen atoms in total. The summed E-state index contributed by atoms with van der Waals surface area (Å²) in [5.74, 6) is 0.866. The molecule has 0 amide bonds. The highest BCUT2D eigenvalue weighted by Crippen LogP contribution is 2.20. The lowest BCUT2D eigenvalue weighted by atomic mass is 10.1. The van der Waals surface area contributed by atoms with Crippen molar-refractivity contribution < 1.29 is 0 Å². The molecular formula is C15H21N3. The molecular weight excluding hydrogens is 222 g/mol. The first-order valence-corrected chi connectivity index (χ1v) is 6.64. The van der Waals surface area contributed by atoms with Gasteiger partial charge < -0.3 is 10.7 Å². The first-order chi connectivity index (χ1) is 8.74. The highest BCUT2D eigenvalue weighted by atomic mass is 15.0. The molecule has 0 fully saturated rings. The molecule has 3 heteroatoms. The summed E-state index contributed by atoms with van der Waals surface area (Å²) in [5.41, 5.74) is 9.54. The van der Waals surface area contributed by atoms with Gasteiger partial charge in [0.05, 0.1) is 17.9 Å². The van der Waals surface area contributed by atoms with E-state index in [0.717, 1.165) is 29.9 Å². The monoisotopic (exact) mass is 243 g/mol. The Morgan fingerprint density at radius 2 is 1.94 bits per heavy atom. The Kier molecular flexibility index (Phi) is 4.15. The number of hydrogen-bond acceptors (Lipinski definition) is 2. The summed E-state index contributed by atoms with van der Waals surface area (Å²) < 4.78 is 0. The molecule has 1 heterocycles. The maximum absolute atomic E-state index is 5.96. The molecule has 0 saturated heterocycles. The first kappa shape index (κ1) is 12.8. The minimum absolute atomic E-state index is 0.00175. The normalized spacial score (nSPS) is 12.6. The van der Waals surface area contributed by atoms with Crippen molar-refractivity contribution in [3.63, 3.8) is 0 Å². The van der Waals surface area contributed by atoms with Crippen molar-refractivity contribution in [2.75, 3.05) is 0 Å². The molecule has 96 valence electrons. The molecule has 0 aliphatic carbocycles. The molecule has 3 N–H and O–H groups in total. The fraction of sp³-hybridized carbons (Fsp3) is 0.400. The first-order valence-electron chi connectivity index (χ1n) is 6.64. The number of benzene rings is 1. The van der Waals surface area contributed by atoms with Crippen molar-refractivity contribution in [1.29, 1.82) is 0 Å². The van der Waals surface area contributed by atoms with E-state index in [1.165, 1.54) is 12.0 Å². The zero-order valence-electron chi connectivity index (χ0n) is 11.1. The van der Waals surface area contributed by atoms with E-state index in [2.05, 4.69) is 48.1 Å². The van der Waals surface area contributed by atoms with Crippen LogP contribution >= 0.6 is 0 Å². The van der Waals surface area contributed by atoms with Crippen molar-refractivity contribution in [2.45, 2.75) is 39.2 Å². The Morgan fingerprint density at radius 3 is 2.56 bits per heavy atom. The standard InChI is InChI=1S/C15H21N3/c1-3-5-11-6-8-12(9-7-11)14-10-17-15(18-14)13(16)4-2/h6-10,13H,3-5,16H2,1-2H3,(H,17,18). The fourth-order valence-corrected chi connectivity index (χ4v) is 2.00. The van der Waals surface area contributed by atoms with Gasteiger partial charge in [-0.1, -0.05) is 44.5 Å². The van der Waals surface area contributed by atoms with E-state index >= 15 is 0 Å². The van der Waals surface area contributed by atoms with Crippen LogP contribution in [0.2, 0.25) is 0 Å². The third-order valence-electron chi connectivity index (χ3n) is 3.19. The smallest absolute Gasteiger partial charge is 0.123 e. The topological polar surface area (TPSA) is 54.7 Å². The number of aryl methyl sites for hydroxylation is 1. The number of imidazole rings is 1. The Labute approximate surface area is 108 Å². The minimum Gasteiger partial charge on any atom is -0.341 e. The second-order valence-electron chi connectivity index (χ2n) is 4.64. The minimum atomic E-state index is -0.00175. The van der Waals surface area contributed by atoms with Gasteiger partial charge in [0.15, 0.2) is 0 Å². The number of H-pyrrole nitrogens is 1. The van der Waals surface area contributed by atoms with Gasteiger partial charge in [-0.05, 0) is 24.0 Å². The highest BCUT2D eigenvalue weighted by Gasteiger charge is 2.08. The molecule has 0 bridgehead atoms. The van der Waals surface area contributed by atoms with Crippen molar-refractivity contribution in [3.05, 3.63) is 41.9 Å². The van der Waals surface area contributed by atoms with Gasteiger partial charge in [0.1, 0.15) is 5.82 Å². The second kappa shape index (κ2) is 5.83. The molecule has 2 aromatic rings. The van der Waals surface area contributed by atoms with E-state index < -0.39 is 0 Å². The van der Waals surface area contributed by atoms with Gasteiger partial charge in [-0.15, -0.1) is 0 Å². The van der Waals surface area contributed by atoms with Crippen LogP contribution in [0.25, 0.3) is 11.3 Å². The average molecular weight is 243 g/mol. The third kappa shape index (κ3) is 2.79. The van der Waals surface area contributed by atoms with Gasteiger partial charge in [-0.25, -0.2) is 4.98 Å². The van der Waals surface area contributed by atoms with Crippen LogP contribution in [0.3, 0.4) is 0 Å². The van der Waals surface area contributed by atoms with Crippen LogP contribution in [0.5, 0.6) is 0 Å². The zero-order chi connectivity index (χ0) is 13.0. The van der Waals surface area contributed by atoms with E-state index in [1.807, 2.05) is 6.20 Å². The number of aromatic nitrogens is 2. The van der Waals surface area contributed by atoms with Crippen LogP contribution in [0, 0.1) is 0 Å². The molecule has 1 aromatic carbocycles. The lowest BCUT2D eigenvalue weighted by molar-refractivity contribution is 0.658. The molecule has 18 heavy (non-hydrogen) atoms. The van der Waals surface area contributed by atoms with Crippen molar-refractivity contribution in [2.24, 2.45) is 5.73 Å². The Balaban J connectivity index is 2.18. The lowest BCUT2D eigenvalue weighted by Gasteiger charge is -2.04. The molecule has 0 saturated carbocycles. The van der Waals surface area contributed by atoms with Crippen molar-refractivity contribution >= 4 is 0 Å². The SMILES string of the molecule is CCCc1ccc(-c2cnc(C(N)CC)[nH]2)cc1. The van der Waals surface area contributed by atoms with Crippen molar-refractivity contribution in [3.8, 4) is 11.3 Å². The van der Waals surface area contributed by atoms with Crippen LogP contribution in [-0.2, 0) is 6.42 Å². The van der Waals surface area contributed by atoms with Crippen LogP contribution in [-0.4, -0.2) is 9.97 Å². The predicted molar refractivity (Wildman–Crippen MR) is 75.2 cm³/mol. The van der Waals surface area contributed by atoms with Crippen LogP contribution < -0.4 is 5.73 Å². The summed E-state index contributed by atoms with van der Waals surface area (Å²) in [6.07, 6.45) is 5.07. The second-order valence-corrected chi connectivity index (χ2v) is 4.64. The number of aromatic amines is 1. The molecule has 0 radical (unpaired) electrons. The van der Waals surface area contributed by atoms with E-state index in [4.69, 9.17) is 5.73 Å². The van der Waals surface area contributed by atoms with Gasteiger partial charge in [0.25, 0.3) is 0 Å². The quantitative estimate of drug-likeness (QED) is 0.845. The highest BCUT2D eigenvalue weighted by molar-refractivity contribution is 5.58. The third-order valence-corrected chi connectivity index (χ3v) is 3.19. The van der Waals surface area contributed by atoms with Gasteiger partial charge in [-0.2, -0.15) is 0 Å². The maximum atomic E-state index is 5.96. The Bertz CT molecular complexity index is 485. The van der Waals surface area contributed by atoms with Crippen LogP contribution in [0.4, 0.5) is 0 Å². The maximum Gasteiger partial charge on any atom is 0.123 e. The molecule has 0 aliphatic rings. The predicted octanol–water partition coefficient (Wildman–Crippen LogP) is 3.44. The summed E-state index contributed by atoms with van der Waals surface area (Å²) in [6, 6.07) is 8.63. The van der Waals surface area contributed by atoms with E-state index in [-0.39, 0.29) is 6.04 Å². The number of nitrogens with zero attached hydrogens (tertiary/aromatic N) is 1. The van der Waals surface area contributed by atoms with Crippen LogP contribution in [0.15, 0.2) is 30.5 Å². The zero-order valence-corrected chi connectivity index (χ0v) is 11.1. The number of nitrogens with one attached hydrogen (secondary N) is 1. The average Bonchev–Trinajstić information content (AvgIpc) is 2.89. The summed E-state index contributed by atoms with van der Waals surface area (Å²) in [6.45, 7) is 4.26. The summed E-state index contributed by atoms with van der Waals surface area (Å²) in [5, 5.41) is 0. The van der Waals surface area contributed by atoms with Crippen molar-refractivity contribution in [1.82, 2.24) is 9.97 Å². The molecule has 1 unspecified atom stereocenters. The largest absolute Gasteiger partial charge is 0.341 e. The van der Waals surface area contributed by atoms with Gasteiger partial charge in [-0.3, -0.25) is 0 Å². The molecule has 1 atom stereocenters. The van der Waals surface area contributed by atoms with E-state index in [1.54, 1.807) is 0 Å². The Hall–Kier alpha value is -1.61. The molecule has 2 rings (SSSR count). The Morgan fingerprint density at radius 1 is 1.22 bits per heavy atom. The summed E-state index contributed by atoms with van der Waals surface area (Å²) in [4.78, 5) is 7.64. The molecule has 0 spiro atoms. The molecule has 1 aromatic heterocycles. The summed E-state index contributed by atoms with van der Waals surface area (Å²) >= 11 is 0. The van der Waals surface area contributed by atoms with Gasteiger partial charge in [0.2, 0.25) is 0 Å². The fourth-order valence-electron chi connectivity index (χ4n) is 2.00. The van der Waals surface area contributed by atoms with Crippen LogP contribution in [0.1, 0.15) is 44.1 Å². The lowest BCUT2D eigenvalue weighted by Crippen LogP contribution is -2.10. The number of rotatable bonds is 5. The number of nitrogens with two attached hydrogens (primary N) is 1.